The van der Waals surface area contributed by atoms with Gasteiger partial charge in [0.05, 0.1) is 0 Å². The Hall–Kier alpha value is 2.44. The van der Waals surface area contributed by atoms with E-state index in [0.717, 1.165) is 0 Å². The Morgan fingerprint density at radius 1 is 1.00 bits per heavy atom. The molecule has 0 nitrogen and oxygen atoms in total. The second-order valence-corrected chi connectivity index (χ2v) is 0. The second-order valence-electron chi connectivity index (χ2n) is 0. The molecule has 0 fully saturated rings. The van der Waals surface area contributed by atoms with Gasteiger partial charge in [0.1, 0.15) is 0 Å². The van der Waals surface area contributed by atoms with Gasteiger partial charge in [-0.15, -0.1) is 0 Å². The minimum absolute atomic E-state index is 0. The third kappa shape index (κ3) is 8.82. The zero-order valence-corrected chi connectivity index (χ0v) is 9.04. The van der Waals surface area contributed by atoms with Crippen LogP contribution in [0.25, 0.3) is 0 Å². The minimum Gasteiger partial charge on any atom is 0 e. The molecule has 0 amide bonds. The maximum Gasteiger partial charge on any atom is 0 e. The molecule has 0 heterocycles. The molecular formula is CrMgMnZn. The van der Waals surface area contributed by atoms with Gasteiger partial charge in [-0.25, -0.2) is 0 Å². The van der Waals surface area contributed by atoms with Crippen LogP contribution in [0.1, 0.15) is 0 Å². The maximum absolute atomic E-state index is 0. The molecule has 3 radical (unpaired) electrons. The first-order chi connectivity index (χ1) is 0. The van der Waals surface area contributed by atoms with E-state index in [1.54, 1.807) is 0 Å². The Bertz CT molecular complexity index is 8.00. The Labute approximate surface area is 76.0 Å². The molecule has 0 aromatic rings. The van der Waals surface area contributed by atoms with Gasteiger partial charge < -0.3 is 0 Å². The molecule has 0 rings (SSSR count). The topological polar surface area (TPSA) is 0 Å². The van der Waals surface area contributed by atoms with Gasteiger partial charge in [0.2, 0.25) is 0 Å². The van der Waals surface area contributed by atoms with Gasteiger partial charge >= 0.3 is 0 Å². The van der Waals surface area contributed by atoms with E-state index >= 15 is 0 Å². The molecule has 0 aliphatic rings. The van der Waals surface area contributed by atoms with Gasteiger partial charge in [-0.1, -0.05) is 0 Å². The SMILES string of the molecule is [Cr].[Mg].[Mn].[Zn]. The summed E-state index contributed by atoms with van der Waals surface area (Å²) in [5, 5.41) is 0. The molecule has 0 aromatic heterocycles. The summed E-state index contributed by atoms with van der Waals surface area (Å²) in [6.45, 7) is 0. The van der Waals surface area contributed by atoms with Crippen molar-refractivity contribution in [3.05, 3.63) is 0 Å². The third-order valence-electron chi connectivity index (χ3n) is 0. The quantitative estimate of drug-likeness (QED) is 0.463. The monoisotopic (exact) mass is 195 g/mol. The predicted molar refractivity (Wildman–Crippen MR) is 5.75 cm³/mol. The van der Waals surface area contributed by atoms with Crippen molar-refractivity contribution < 1.29 is 53.9 Å². The summed E-state index contributed by atoms with van der Waals surface area (Å²) in [6.07, 6.45) is 0. The van der Waals surface area contributed by atoms with Gasteiger partial charge in [0.25, 0.3) is 0 Å². The van der Waals surface area contributed by atoms with E-state index in [1.165, 1.54) is 0 Å². The Morgan fingerprint density at radius 3 is 1.00 bits per heavy atom. The summed E-state index contributed by atoms with van der Waals surface area (Å²) >= 11 is 0. The van der Waals surface area contributed by atoms with Crippen LogP contribution in [0.2, 0.25) is 0 Å². The molecule has 0 saturated heterocycles. The standard InChI is InChI=1S/Cr.Mg.Mn.Zn. The molecule has 4 heteroatoms. The molecule has 4 heavy (non-hydrogen) atoms. The predicted octanol–water partition coefficient (Wildman–Crippen LogP) is -0.388. The van der Waals surface area contributed by atoms with E-state index in [0.29, 0.717) is 0 Å². The Morgan fingerprint density at radius 2 is 1.00 bits per heavy atom. The van der Waals surface area contributed by atoms with E-state index in [-0.39, 0.29) is 77.0 Å². The average Bonchev–Trinajstić information content (AvgIpc) is 0. The van der Waals surface area contributed by atoms with Crippen LogP contribution in [-0.4, -0.2) is 23.1 Å². The molecule has 0 bridgehead atoms. The fourth-order valence-electron chi connectivity index (χ4n) is 0. The number of hydrogen-bond donors (Lipinski definition) is 0. The molecule has 0 N–H and O–H groups in total. The molecular weight excluding hydrogens is 197 g/mol. The molecule has 17 valence electrons. The van der Waals surface area contributed by atoms with Gasteiger partial charge in [0.15, 0.2) is 0 Å². The van der Waals surface area contributed by atoms with E-state index in [9.17, 15) is 0 Å². The summed E-state index contributed by atoms with van der Waals surface area (Å²) in [7, 11) is 0. The van der Waals surface area contributed by atoms with Crippen molar-refractivity contribution in [3.63, 3.8) is 0 Å². The summed E-state index contributed by atoms with van der Waals surface area (Å²) in [4.78, 5) is 0. The molecule has 0 aliphatic heterocycles. The van der Waals surface area contributed by atoms with Gasteiger partial charge in [-0.3, -0.25) is 0 Å². The molecule has 0 saturated carbocycles. The van der Waals surface area contributed by atoms with Gasteiger partial charge in [-0.05, 0) is 0 Å². The summed E-state index contributed by atoms with van der Waals surface area (Å²) in [6, 6.07) is 0. The van der Waals surface area contributed by atoms with Crippen LogP contribution >= 0.6 is 0 Å². The van der Waals surface area contributed by atoms with E-state index in [4.69, 9.17) is 0 Å². The van der Waals surface area contributed by atoms with Crippen molar-refractivity contribution in [1.29, 1.82) is 0 Å². The normalized spacial score (nSPS) is 0. The Balaban J connectivity index is 0. The summed E-state index contributed by atoms with van der Waals surface area (Å²) < 4.78 is 0. The van der Waals surface area contributed by atoms with Crippen LogP contribution in [-0.2, 0) is 53.9 Å². The van der Waals surface area contributed by atoms with Gasteiger partial charge in [-0.2, -0.15) is 0 Å². The summed E-state index contributed by atoms with van der Waals surface area (Å²) in [5.41, 5.74) is 0. The minimum atomic E-state index is 0. The smallest absolute Gasteiger partial charge is 0 e. The first-order valence-electron chi connectivity index (χ1n) is 0. The largest absolute Gasteiger partial charge is 0 e. The van der Waals surface area contributed by atoms with Crippen LogP contribution in [0.4, 0.5) is 0 Å². The van der Waals surface area contributed by atoms with E-state index < -0.39 is 0 Å². The van der Waals surface area contributed by atoms with Crippen molar-refractivity contribution >= 4 is 23.1 Å². The third-order valence-corrected chi connectivity index (χ3v) is 0. The average molecular weight is 197 g/mol. The number of hydrogen-bond acceptors (Lipinski definition) is 0. The van der Waals surface area contributed by atoms with Crippen LogP contribution < -0.4 is 0 Å². The van der Waals surface area contributed by atoms with Crippen LogP contribution in [0.3, 0.4) is 0 Å². The zero-order valence-electron chi connectivity index (χ0n) is 2.20. The number of rotatable bonds is 0. The van der Waals surface area contributed by atoms with Crippen molar-refractivity contribution in [2.45, 2.75) is 0 Å². The van der Waals surface area contributed by atoms with Gasteiger partial charge in [0, 0.05) is 77.0 Å². The van der Waals surface area contributed by atoms with Crippen LogP contribution in [0.5, 0.6) is 0 Å². The fourth-order valence-corrected chi connectivity index (χ4v) is 0. The Kier molecular flexibility index (Phi) is 144. The van der Waals surface area contributed by atoms with Crippen molar-refractivity contribution in [3.8, 4) is 0 Å². The first-order valence-corrected chi connectivity index (χ1v) is 0. The van der Waals surface area contributed by atoms with Crippen molar-refractivity contribution in [2.24, 2.45) is 0 Å². The van der Waals surface area contributed by atoms with E-state index in [2.05, 4.69) is 0 Å². The van der Waals surface area contributed by atoms with E-state index in [1.807, 2.05) is 0 Å². The molecule has 0 aliphatic carbocycles. The molecule has 0 unspecified atom stereocenters. The van der Waals surface area contributed by atoms with Crippen molar-refractivity contribution in [2.75, 3.05) is 0 Å². The first kappa shape index (κ1) is 32.0. The summed E-state index contributed by atoms with van der Waals surface area (Å²) in [5.74, 6) is 0. The molecule has 0 spiro atoms. The fraction of sp³-hybridized carbons (Fsp3) is 0. The maximum atomic E-state index is 0. The molecule has 0 aromatic carbocycles. The zero-order chi connectivity index (χ0) is 0. The molecule has 0 atom stereocenters. The van der Waals surface area contributed by atoms with Crippen LogP contribution in [0.15, 0.2) is 0 Å². The van der Waals surface area contributed by atoms with Crippen molar-refractivity contribution in [1.82, 2.24) is 0 Å². The second kappa shape index (κ2) is 18.0. The van der Waals surface area contributed by atoms with Crippen LogP contribution in [0, 0.1) is 0 Å².